The molecule has 5 fully saturated rings. The van der Waals surface area contributed by atoms with Gasteiger partial charge in [0, 0.05) is 114 Å². The molecule has 2 aromatic heterocycles. The van der Waals surface area contributed by atoms with Crippen molar-refractivity contribution in [2.75, 3.05) is 105 Å². The highest BCUT2D eigenvalue weighted by atomic mass is 32.1. The van der Waals surface area contributed by atoms with Gasteiger partial charge in [0.2, 0.25) is 0 Å². The summed E-state index contributed by atoms with van der Waals surface area (Å²) < 4.78 is 74.7. The molecule has 502 valence electrons. The first-order valence-electron chi connectivity index (χ1n) is 30.0. The van der Waals surface area contributed by atoms with Crippen LogP contribution in [0.3, 0.4) is 0 Å². The number of hydrogen-bond acceptors (Lipinski definition) is 18. The van der Waals surface area contributed by atoms with Crippen LogP contribution in [0, 0.1) is 47.9 Å². The number of carbonyl (C=O) groups excluding carboxylic acids is 4. The average molecular weight is 1350 g/mol. The van der Waals surface area contributed by atoms with Crippen LogP contribution in [0.2, 0.25) is 0 Å². The summed E-state index contributed by atoms with van der Waals surface area (Å²) in [5.41, 5.74) is -0.962. The second-order valence-corrected chi connectivity index (χ2v) is 25.9. The molecule has 4 aromatic rings. The van der Waals surface area contributed by atoms with E-state index in [4.69, 9.17) is 19.2 Å². The molecule has 30 heteroatoms. The minimum absolute atomic E-state index is 0. The van der Waals surface area contributed by atoms with E-state index in [0.29, 0.717) is 122 Å². The van der Waals surface area contributed by atoms with Crippen LogP contribution in [0.5, 0.6) is 0 Å². The molecule has 0 bridgehead atoms. The molecule has 2 aromatic carbocycles. The summed E-state index contributed by atoms with van der Waals surface area (Å²) >= 11 is 1.40. The van der Waals surface area contributed by atoms with E-state index in [9.17, 15) is 52.2 Å². The van der Waals surface area contributed by atoms with Gasteiger partial charge < -0.3 is 54.7 Å². The van der Waals surface area contributed by atoms with E-state index in [-0.39, 0.29) is 101 Å². The number of rotatable bonds is 18. The van der Waals surface area contributed by atoms with Crippen LogP contribution in [0.15, 0.2) is 92.8 Å². The van der Waals surface area contributed by atoms with Gasteiger partial charge in [-0.25, -0.2) is 46.7 Å². The average Bonchev–Trinajstić information content (AvgIpc) is 1.45. The highest BCUT2D eigenvalue weighted by Gasteiger charge is 2.55. The molecule has 2 unspecified atom stereocenters. The van der Waals surface area contributed by atoms with Crippen LogP contribution < -0.4 is 10.6 Å². The minimum Gasteiger partial charge on any atom is -0.481 e. The minimum atomic E-state index is -1.14. The molecule has 7 aliphatic rings. The Hall–Kier alpha value is -7.64. The molecule has 9 heterocycles. The molecule has 4 amide bonds. The lowest BCUT2D eigenvalue weighted by Gasteiger charge is -2.44. The number of aliphatic carboxylic acids is 2. The normalized spacial score (nSPS) is 24.0. The number of amides is 4. The summed E-state index contributed by atoms with van der Waals surface area (Å²) in [6, 6.07) is 7.48. The van der Waals surface area contributed by atoms with Gasteiger partial charge >= 0.3 is 35.9 Å². The number of carboxylic acids is 2. The molecule has 5 saturated heterocycles. The van der Waals surface area contributed by atoms with Crippen LogP contribution in [0.1, 0.15) is 93.0 Å². The summed E-state index contributed by atoms with van der Waals surface area (Å²) in [7, 11) is 0. The maximum absolute atomic E-state index is 15.0. The van der Waals surface area contributed by atoms with E-state index >= 15 is 4.39 Å². The van der Waals surface area contributed by atoms with Crippen LogP contribution >= 0.6 is 38.3 Å². The van der Waals surface area contributed by atoms with Crippen molar-refractivity contribution in [2.24, 2.45) is 20.8 Å². The highest BCUT2D eigenvalue weighted by Crippen LogP contribution is 2.41. The third kappa shape index (κ3) is 14.4. The van der Waals surface area contributed by atoms with Crippen LogP contribution in [0.25, 0.3) is 0 Å². The fraction of sp³-hybridized carbons (Fsp3) is 0.492. The number of ether oxygens (including phenoxy) is 3. The fourth-order valence-electron chi connectivity index (χ4n) is 13.2. The van der Waals surface area contributed by atoms with Crippen molar-refractivity contribution in [2.45, 2.75) is 85.0 Å². The number of piperazine rings is 2. The standard InChI is InChI=1S/C32H37F3N6O5.C31H37FN6O6S.2H2S/c1-6-46-28(42)24-23(14-39-10-11-41-30(45)40(17-32(41,5)16-39)15-31(3,4)29(43)44)37-27(26-22(35)12-19(33)13-36-26)38-25(24)20-8-7-9-21(34)18(20)2;1-4-44-27(39)23-22(34-25(26-33-9-13-45-26)35-24(23)20-6-5-7-21(32)19(20)2)14-36-10-11-38-29(42)37(16-30(38,3)15-36)17-31(28(40)41)8-12-43-18-31;;/h7-9,12-13,25H,6,10-11,14-17H2,1-5H3,(H,37,38)(H,43,44);5-7,9,13,24H,4,8,10-12,14-18H2,1-3H3,(H,34,35)(H,40,41);2*1H2/t25?,32-;24-,30-,31?;;/m00../s1. The number of aliphatic imine (C=N–C) groups is 2. The lowest BCUT2D eigenvalue weighted by atomic mass is 9.86. The molecule has 0 spiro atoms. The number of carboxylic acid groups (broad SMARTS) is 2. The van der Waals surface area contributed by atoms with E-state index < -0.39 is 81.1 Å². The topological polar surface area (TPSA) is 265 Å². The van der Waals surface area contributed by atoms with Gasteiger partial charge in [-0.15, -0.1) is 11.3 Å². The summed E-state index contributed by atoms with van der Waals surface area (Å²) in [5, 5.41) is 28.5. The van der Waals surface area contributed by atoms with E-state index in [1.54, 1.807) is 80.6 Å². The first-order valence-corrected chi connectivity index (χ1v) is 30.9. The quantitative estimate of drug-likeness (QED) is 0.0599. The predicted octanol–water partition coefficient (Wildman–Crippen LogP) is 6.67. The number of hydrogen-bond donors (Lipinski definition) is 4. The molecule has 93 heavy (non-hydrogen) atoms. The number of nitrogens with zero attached hydrogens (tertiary/aromatic N) is 10. The van der Waals surface area contributed by atoms with Gasteiger partial charge in [-0.1, -0.05) is 24.3 Å². The molecule has 23 nitrogen and oxygen atoms in total. The van der Waals surface area contributed by atoms with Crippen molar-refractivity contribution in [3.05, 3.63) is 139 Å². The maximum Gasteiger partial charge on any atom is 0.338 e. The zero-order valence-corrected chi connectivity index (χ0v) is 55.7. The Morgan fingerprint density at radius 2 is 1.25 bits per heavy atom. The molecule has 7 aliphatic heterocycles. The molecular formula is C63H78F4N12O11S3. The number of carbonyl (C=O) groups is 6. The Labute approximate surface area is 553 Å². The van der Waals surface area contributed by atoms with Crippen LogP contribution in [-0.2, 0) is 33.4 Å². The van der Waals surface area contributed by atoms with E-state index in [0.717, 1.165) is 6.20 Å². The smallest absolute Gasteiger partial charge is 0.338 e. The van der Waals surface area contributed by atoms with E-state index in [2.05, 4.69) is 30.5 Å². The maximum atomic E-state index is 15.0. The summed E-state index contributed by atoms with van der Waals surface area (Å²) in [5.74, 6) is -5.56. The predicted molar refractivity (Wildman–Crippen MR) is 345 cm³/mol. The number of aromatic nitrogens is 2. The Kier molecular flexibility index (Phi) is 21.8. The number of pyridine rings is 1. The van der Waals surface area contributed by atoms with Crippen molar-refractivity contribution in [3.63, 3.8) is 0 Å². The van der Waals surface area contributed by atoms with Crippen molar-refractivity contribution in [3.8, 4) is 0 Å². The lowest BCUT2D eigenvalue weighted by molar-refractivity contribution is -0.150. The highest BCUT2D eigenvalue weighted by molar-refractivity contribution is 7.59. The van der Waals surface area contributed by atoms with Gasteiger partial charge in [-0.05, 0) is 96.2 Å². The van der Waals surface area contributed by atoms with Crippen LogP contribution in [0.4, 0.5) is 27.2 Å². The van der Waals surface area contributed by atoms with Crippen LogP contribution in [-0.4, -0.2) is 213 Å². The van der Waals surface area contributed by atoms with Gasteiger partial charge in [0.15, 0.2) is 22.5 Å². The third-order valence-corrected chi connectivity index (χ3v) is 18.7. The number of amidine groups is 2. The monoisotopic (exact) mass is 1350 g/mol. The Morgan fingerprint density at radius 3 is 1.72 bits per heavy atom. The van der Waals surface area contributed by atoms with Gasteiger partial charge in [0.05, 0.1) is 53.7 Å². The Morgan fingerprint density at radius 1 is 0.731 bits per heavy atom. The number of fused-ring (bicyclic) bond motifs is 2. The van der Waals surface area contributed by atoms with Gasteiger partial charge in [0.25, 0.3) is 0 Å². The molecule has 4 N–H and O–H groups in total. The SMILES string of the molecule is CCOC(=O)C1=C(CN2CCN3C(=O)N(CC(C)(C)C(=O)O)C[C@]3(C)C2)NC(c2ncc(F)cc2F)=NC1c1cccc(F)c1C.CCOC(=O)C1=C(CN2CCN3C(=O)N(CC4(C(=O)O)CCOC4)C[C@]3(C)C2)NC(c2nccs2)=N[C@H]1c1cccc(F)c1C.S.S. The molecule has 11 rings (SSSR count). The summed E-state index contributed by atoms with van der Waals surface area (Å²) in [4.78, 5) is 107. The van der Waals surface area contributed by atoms with E-state index in [1.807, 2.05) is 29.0 Å². The Bertz CT molecular complexity index is 3680. The summed E-state index contributed by atoms with van der Waals surface area (Å²) in [6.45, 7) is 18.1. The molecule has 0 radical (unpaired) electrons. The number of esters is 2. The zero-order valence-electron chi connectivity index (χ0n) is 52.9. The number of thiazole rings is 1. The molecule has 0 aliphatic carbocycles. The third-order valence-electron chi connectivity index (χ3n) is 17.9. The lowest BCUT2D eigenvalue weighted by Crippen LogP contribution is -2.60. The molecule has 0 saturated carbocycles. The Balaban J connectivity index is 0.000000234. The molecular weight excluding hydrogens is 1270 g/mol. The first-order chi connectivity index (χ1) is 43.2. The van der Waals surface area contributed by atoms with Crippen molar-refractivity contribution < 1.29 is 70.8 Å². The zero-order chi connectivity index (χ0) is 65.5. The number of urea groups is 2. The largest absolute Gasteiger partial charge is 0.481 e. The van der Waals surface area contributed by atoms with Crippen molar-refractivity contribution >= 4 is 85.9 Å². The second kappa shape index (κ2) is 28.5. The molecule has 5 atom stereocenters. The number of nitrogens with one attached hydrogen (secondary N) is 2. The van der Waals surface area contributed by atoms with Crippen molar-refractivity contribution in [1.82, 2.24) is 50.0 Å². The van der Waals surface area contributed by atoms with Crippen molar-refractivity contribution in [1.29, 1.82) is 0 Å². The fourth-order valence-corrected chi connectivity index (χ4v) is 13.8. The van der Waals surface area contributed by atoms with Gasteiger partial charge in [-0.2, -0.15) is 27.0 Å². The first kappa shape index (κ1) is 71.2. The number of benzene rings is 2. The van der Waals surface area contributed by atoms with Gasteiger partial charge in [0.1, 0.15) is 40.6 Å². The number of halogens is 4. The van der Waals surface area contributed by atoms with E-state index in [1.165, 1.54) is 29.5 Å². The summed E-state index contributed by atoms with van der Waals surface area (Å²) in [6.07, 6.45) is 2.89. The second-order valence-electron chi connectivity index (χ2n) is 25.0. The van der Waals surface area contributed by atoms with Gasteiger partial charge in [-0.3, -0.25) is 29.4 Å².